The maximum Gasteiger partial charge on any atom is 0.207 e. The summed E-state index contributed by atoms with van der Waals surface area (Å²) >= 11 is 0. The number of methoxy groups -OCH3 is 1. The molecule has 0 aliphatic carbocycles. The van der Waals surface area contributed by atoms with Gasteiger partial charge in [-0.3, -0.25) is 0 Å². The Kier molecular flexibility index (Phi) is 3.47. The Hall–Kier alpha value is -3.28. The molecule has 1 unspecified atom stereocenters. The second kappa shape index (κ2) is 5.87. The highest BCUT2D eigenvalue weighted by Crippen LogP contribution is 2.38. The van der Waals surface area contributed by atoms with Gasteiger partial charge in [0.25, 0.3) is 0 Å². The van der Waals surface area contributed by atoms with E-state index in [1.807, 2.05) is 30.3 Å². The van der Waals surface area contributed by atoms with Crippen LogP contribution in [0.3, 0.4) is 0 Å². The third kappa shape index (κ3) is 2.40. The van der Waals surface area contributed by atoms with Gasteiger partial charge in [0.1, 0.15) is 11.3 Å². The fourth-order valence-corrected chi connectivity index (χ4v) is 4.06. The van der Waals surface area contributed by atoms with Crippen LogP contribution in [0, 0.1) is 0 Å². The Morgan fingerprint density at radius 1 is 1.15 bits per heavy atom. The fourth-order valence-electron chi connectivity index (χ4n) is 4.06. The number of benzene rings is 2. The monoisotopic (exact) mass is 359 g/mol. The SMILES string of the molecule is COc1cccc(CN2CC(C)n3c2nc2c(N)nc4ccccc4c23)c1. The molecule has 6 heteroatoms. The van der Waals surface area contributed by atoms with Crippen molar-refractivity contribution in [1.29, 1.82) is 0 Å². The van der Waals surface area contributed by atoms with Gasteiger partial charge in [-0.2, -0.15) is 0 Å². The highest BCUT2D eigenvalue weighted by atomic mass is 16.5. The summed E-state index contributed by atoms with van der Waals surface area (Å²) in [7, 11) is 1.69. The Morgan fingerprint density at radius 3 is 2.85 bits per heavy atom. The summed E-state index contributed by atoms with van der Waals surface area (Å²) in [6, 6.07) is 16.6. The lowest BCUT2D eigenvalue weighted by Gasteiger charge is -2.17. The number of aromatic nitrogens is 3. The third-order valence-corrected chi connectivity index (χ3v) is 5.25. The molecule has 2 aromatic carbocycles. The lowest BCUT2D eigenvalue weighted by molar-refractivity contribution is 0.414. The van der Waals surface area contributed by atoms with E-state index in [1.165, 1.54) is 5.56 Å². The van der Waals surface area contributed by atoms with Gasteiger partial charge in [0, 0.05) is 18.5 Å². The number of para-hydroxylation sites is 1. The lowest BCUT2D eigenvalue weighted by atomic mass is 10.1. The first kappa shape index (κ1) is 15.9. The van der Waals surface area contributed by atoms with Crippen LogP contribution in [0.25, 0.3) is 21.9 Å². The molecule has 2 N–H and O–H groups in total. The van der Waals surface area contributed by atoms with Crippen molar-refractivity contribution < 1.29 is 4.74 Å². The smallest absolute Gasteiger partial charge is 0.207 e. The molecule has 6 nitrogen and oxygen atoms in total. The van der Waals surface area contributed by atoms with E-state index in [0.29, 0.717) is 11.9 Å². The Labute approximate surface area is 157 Å². The molecule has 0 fully saturated rings. The molecule has 5 rings (SSSR count). The lowest BCUT2D eigenvalue weighted by Crippen LogP contribution is -2.21. The molecule has 2 aromatic heterocycles. The molecule has 1 aliphatic heterocycles. The summed E-state index contributed by atoms with van der Waals surface area (Å²) in [5, 5.41) is 1.09. The van der Waals surface area contributed by atoms with Crippen molar-refractivity contribution in [3.05, 3.63) is 54.1 Å². The predicted molar refractivity (Wildman–Crippen MR) is 108 cm³/mol. The van der Waals surface area contributed by atoms with Crippen molar-refractivity contribution in [2.24, 2.45) is 0 Å². The standard InChI is InChI=1S/C21H21N5O/c1-13-11-25(12-14-6-5-7-15(10-14)27-2)21-24-18-19(26(13)21)16-8-3-4-9-17(16)23-20(18)22/h3-10,13H,11-12H2,1-2H3,(H2,22,23). The van der Waals surface area contributed by atoms with Gasteiger partial charge in [0.2, 0.25) is 5.95 Å². The maximum atomic E-state index is 6.24. The van der Waals surface area contributed by atoms with Crippen LogP contribution in [0.4, 0.5) is 11.8 Å². The first-order valence-corrected chi connectivity index (χ1v) is 9.09. The van der Waals surface area contributed by atoms with Crippen LogP contribution in [0.15, 0.2) is 48.5 Å². The largest absolute Gasteiger partial charge is 0.497 e. The Morgan fingerprint density at radius 2 is 2.00 bits per heavy atom. The van der Waals surface area contributed by atoms with E-state index < -0.39 is 0 Å². The molecule has 0 spiro atoms. The minimum Gasteiger partial charge on any atom is -0.497 e. The Balaban J connectivity index is 1.66. The number of anilines is 2. The number of hydrogen-bond donors (Lipinski definition) is 1. The first-order valence-electron chi connectivity index (χ1n) is 9.09. The van der Waals surface area contributed by atoms with Gasteiger partial charge in [-0.15, -0.1) is 0 Å². The molecule has 0 saturated heterocycles. The minimum absolute atomic E-state index is 0.306. The summed E-state index contributed by atoms with van der Waals surface area (Å²) in [5.41, 5.74) is 10.2. The fraction of sp³-hybridized carbons (Fsp3) is 0.238. The van der Waals surface area contributed by atoms with Crippen molar-refractivity contribution >= 4 is 33.7 Å². The van der Waals surface area contributed by atoms with Crippen molar-refractivity contribution in [1.82, 2.24) is 14.5 Å². The number of nitrogens with two attached hydrogens (primary N) is 1. The number of fused-ring (bicyclic) bond motifs is 5. The van der Waals surface area contributed by atoms with Gasteiger partial charge in [0.15, 0.2) is 5.82 Å². The van der Waals surface area contributed by atoms with Crippen LogP contribution in [-0.2, 0) is 6.54 Å². The van der Waals surface area contributed by atoms with E-state index in [9.17, 15) is 0 Å². The van der Waals surface area contributed by atoms with Crippen molar-refractivity contribution in [2.45, 2.75) is 19.5 Å². The van der Waals surface area contributed by atoms with Crippen LogP contribution in [0.5, 0.6) is 5.75 Å². The van der Waals surface area contributed by atoms with Crippen LogP contribution in [-0.4, -0.2) is 28.2 Å². The van der Waals surface area contributed by atoms with Crippen LogP contribution in [0.2, 0.25) is 0 Å². The summed E-state index contributed by atoms with van der Waals surface area (Å²) < 4.78 is 7.66. The van der Waals surface area contributed by atoms with Crippen LogP contribution >= 0.6 is 0 Å². The number of rotatable bonds is 3. The molecule has 1 atom stereocenters. The topological polar surface area (TPSA) is 69.2 Å². The van der Waals surface area contributed by atoms with Gasteiger partial charge < -0.3 is 19.9 Å². The normalized spacial score (nSPS) is 16.2. The van der Waals surface area contributed by atoms with Crippen molar-refractivity contribution in [2.75, 3.05) is 24.3 Å². The number of imidazole rings is 1. The molecule has 0 bridgehead atoms. The zero-order valence-corrected chi connectivity index (χ0v) is 15.4. The zero-order valence-electron chi connectivity index (χ0n) is 15.4. The predicted octanol–water partition coefficient (Wildman–Crippen LogP) is 3.76. The van der Waals surface area contributed by atoms with Gasteiger partial charge >= 0.3 is 0 Å². The number of nitrogen functional groups attached to an aromatic ring is 1. The van der Waals surface area contributed by atoms with E-state index in [0.717, 1.165) is 46.7 Å². The number of hydrogen-bond acceptors (Lipinski definition) is 5. The second-order valence-corrected chi connectivity index (χ2v) is 7.07. The van der Waals surface area contributed by atoms with Crippen molar-refractivity contribution in [3.8, 4) is 5.75 Å². The minimum atomic E-state index is 0.306. The summed E-state index contributed by atoms with van der Waals surface area (Å²) in [6.45, 7) is 3.91. The summed E-state index contributed by atoms with van der Waals surface area (Å²) in [6.07, 6.45) is 0. The number of nitrogens with zero attached hydrogens (tertiary/aromatic N) is 4. The molecule has 3 heterocycles. The molecule has 4 aromatic rings. The number of ether oxygens (including phenoxy) is 1. The van der Waals surface area contributed by atoms with Crippen LogP contribution in [0.1, 0.15) is 18.5 Å². The third-order valence-electron chi connectivity index (χ3n) is 5.25. The average Bonchev–Trinajstić information content (AvgIpc) is 3.21. The van der Waals surface area contributed by atoms with E-state index in [2.05, 4.69) is 39.6 Å². The summed E-state index contributed by atoms with van der Waals surface area (Å²) in [4.78, 5) is 11.7. The Bertz CT molecular complexity index is 1170. The van der Waals surface area contributed by atoms with E-state index in [4.69, 9.17) is 15.5 Å². The molecule has 0 saturated carbocycles. The summed E-state index contributed by atoms with van der Waals surface area (Å²) in [5.74, 6) is 2.30. The first-order chi connectivity index (χ1) is 13.2. The zero-order chi connectivity index (χ0) is 18.5. The van der Waals surface area contributed by atoms with Crippen LogP contribution < -0.4 is 15.4 Å². The van der Waals surface area contributed by atoms with E-state index in [1.54, 1.807) is 7.11 Å². The molecule has 0 amide bonds. The second-order valence-electron chi connectivity index (χ2n) is 7.07. The highest BCUT2D eigenvalue weighted by Gasteiger charge is 2.31. The van der Waals surface area contributed by atoms with Gasteiger partial charge in [0.05, 0.1) is 24.2 Å². The molecular weight excluding hydrogens is 338 g/mol. The molecule has 1 aliphatic rings. The molecular formula is C21H21N5O. The molecule has 27 heavy (non-hydrogen) atoms. The molecule has 136 valence electrons. The van der Waals surface area contributed by atoms with Gasteiger partial charge in [-0.05, 0) is 30.7 Å². The van der Waals surface area contributed by atoms with Gasteiger partial charge in [-0.1, -0.05) is 30.3 Å². The quantitative estimate of drug-likeness (QED) is 0.603. The maximum absolute atomic E-state index is 6.24. The van der Waals surface area contributed by atoms with Crippen molar-refractivity contribution in [3.63, 3.8) is 0 Å². The molecule has 0 radical (unpaired) electrons. The van der Waals surface area contributed by atoms with E-state index >= 15 is 0 Å². The highest BCUT2D eigenvalue weighted by molar-refractivity contribution is 6.07. The van der Waals surface area contributed by atoms with E-state index in [-0.39, 0.29) is 0 Å². The average molecular weight is 359 g/mol. The van der Waals surface area contributed by atoms with Gasteiger partial charge in [-0.25, -0.2) is 9.97 Å². The number of pyridine rings is 1.